The van der Waals surface area contributed by atoms with E-state index in [4.69, 9.17) is 5.11 Å². The van der Waals surface area contributed by atoms with Crippen LogP contribution in [0, 0.1) is 0 Å². The third kappa shape index (κ3) is 3.70. The molecule has 110 valence electrons. The molecule has 1 aromatic carbocycles. The van der Waals surface area contributed by atoms with Crippen molar-refractivity contribution in [3.63, 3.8) is 0 Å². The number of carboxylic acid groups (broad SMARTS) is 1. The molecule has 0 aliphatic carbocycles. The highest BCUT2D eigenvalue weighted by atomic mass is 32.1. The summed E-state index contributed by atoms with van der Waals surface area (Å²) in [6.07, 6.45) is 0. The zero-order valence-corrected chi connectivity index (χ0v) is 13.0. The van der Waals surface area contributed by atoms with Gasteiger partial charge in [-0.1, -0.05) is 32.9 Å². The average Bonchev–Trinajstić information content (AvgIpc) is 2.88. The Hall–Kier alpha value is -2.14. The van der Waals surface area contributed by atoms with Crippen molar-refractivity contribution in [2.75, 3.05) is 5.32 Å². The number of anilines is 1. The molecule has 0 saturated carbocycles. The lowest BCUT2D eigenvalue weighted by atomic mass is 9.87. The summed E-state index contributed by atoms with van der Waals surface area (Å²) < 4.78 is 0. The highest BCUT2D eigenvalue weighted by molar-refractivity contribution is 7.15. The maximum absolute atomic E-state index is 12.0. The summed E-state index contributed by atoms with van der Waals surface area (Å²) in [6, 6.07) is 10.6. The first-order chi connectivity index (χ1) is 9.77. The van der Waals surface area contributed by atoms with Gasteiger partial charge in [0.15, 0.2) is 0 Å². The Morgan fingerprint density at radius 3 is 2.05 bits per heavy atom. The summed E-state index contributed by atoms with van der Waals surface area (Å²) >= 11 is 0.964. The lowest BCUT2D eigenvalue weighted by Gasteiger charge is -2.19. The van der Waals surface area contributed by atoms with E-state index in [0.29, 0.717) is 10.6 Å². The fourth-order valence-electron chi connectivity index (χ4n) is 1.82. The van der Waals surface area contributed by atoms with Crippen LogP contribution in [0.1, 0.15) is 45.7 Å². The molecule has 2 N–H and O–H groups in total. The first kappa shape index (κ1) is 15.3. The number of carbonyl (C=O) groups excluding carboxylic acids is 1. The zero-order chi connectivity index (χ0) is 15.6. The van der Waals surface area contributed by atoms with Crippen molar-refractivity contribution in [3.8, 4) is 0 Å². The Morgan fingerprint density at radius 1 is 1.00 bits per heavy atom. The van der Waals surface area contributed by atoms with Gasteiger partial charge in [-0.05, 0) is 35.2 Å². The molecular formula is C16H17NO3S. The summed E-state index contributed by atoms with van der Waals surface area (Å²) in [6.45, 7) is 6.37. The monoisotopic (exact) mass is 303 g/mol. The lowest BCUT2D eigenvalue weighted by molar-refractivity contribution is 0.0702. The number of rotatable bonds is 3. The van der Waals surface area contributed by atoms with Crippen LogP contribution in [0.15, 0.2) is 36.4 Å². The van der Waals surface area contributed by atoms with Crippen LogP contribution >= 0.6 is 11.3 Å². The van der Waals surface area contributed by atoms with Crippen LogP contribution in [0.3, 0.4) is 0 Å². The standard InChI is InChI=1S/C16H17NO3S/c1-16(2,3)10-4-6-11(7-5-10)17-14(18)12-8-9-13(21-12)15(19)20/h4-9H,1-3H3,(H,17,18)(H,19,20). The molecule has 0 bridgehead atoms. The molecule has 0 aliphatic rings. The van der Waals surface area contributed by atoms with Gasteiger partial charge in [-0.25, -0.2) is 4.79 Å². The van der Waals surface area contributed by atoms with Gasteiger partial charge in [-0.2, -0.15) is 0 Å². The van der Waals surface area contributed by atoms with E-state index >= 15 is 0 Å². The minimum Gasteiger partial charge on any atom is -0.477 e. The third-order valence-electron chi connectivity index (χ3n) is 3.05. The molecule has 0 atom stereocenters. The molecule has 2 aromatic rings. The lowest BCUT2D eigenvalue weighted by Crippen LogP contribution is -2.12. The van der Waals surface area contributed by atoms with Crippen molar-refractivity contribution < 1.29 is 14.7 Å². The van der Waals surface area contributed by atoms with Gasteiger partial charge in [-0.15, -0.1) is 11.3 Å². The molecule has 1 amide bonds. The van der Waals surface area contributed by atoms with E-state index in [9.17, 15) is 9.59 Å². The maximum Gasteiger partial charge on any atom is 0.345 e. The molecule has 1 heterocycles. The minimum atomic E-state index is -1.02. The van der Waals surface area contributed by atoms with E-state index in [-0.39, 0.29) is 16.2 Å². The number of amides is 1. The van der Waals surface area contributed by atoms with Gasteiger partial charge in [0.25, 0.3) is 5.91 Å². The molecule has 1 aromatic heterocycles. The van der Waals surface area contributed by atoms with Crippen molar-refractivity contribution in [3.05, 3.63) is 51.7 Å². The third-order valence-corrected chi connectivity index (χ3v) is 4.12. The predicted molar refractivity (Wildman–Crippen MR) is 84.4 cm³/mol. The second kappa shape index (κ2) is 5.69. The number of aromatic carboxylic acids is 1. The van der Waals surface area contributed by atoms with E-state index in [2.05, 4.69) is 26.1 Å². The number of carbonyl (C=O) groups is 2. The van der Waals surface area contributed by atoms with Crippen molar-refractivity contribution in [1.29, 1.82) is 0 Å². The minimum absolute atomic E-state index is 0.0622. The van der Waals surface area contributed by atoms with Crippen molar-refractivity contribution in [1.82, 2.24) is 0 Å². The number of hydrogen-bond donors (Lipinski definition) is 2. The number of hydrogen-bond acceptors (Lipinski definition) is 3. The van der Waals surface area contributed by atoms with Gasteiger partial charge in [0, 0.05) is 5.69 Å². The first-order valence-corrected chi connectivity index (χ1v) is 7.34. The van der Waals surface area contributed by atoms with Gasteiger partial charge < -0.3 is 10.4 Å². The van der Waals surface area contributed by atoms with Crippen molar-refractivity contribution >= 4 is 28.9 Å². The van der Waals surface area contributed by atoms with Crippen LogP contribution in [-0.2, 0) is 5.41 Å². The smallest absolute Gasteiger partial charge is 0.345 e. The predicted octanol–water partition coefficient (Wildman–Crippen LogP) is 4.00. The molecule has 0 spiro atoms. The molecular weight excluding hydrogens is 286 g/mol. The number of carboxylic acids is 1. The Labute approximate surface area is 127 Å². The topological polar surface area (TPSA) is 66.4 Å². The highest BCUT2D eigenvalue weighted by Gasteiger charge is 2.15. The fourth-order valence-corrected chi connectivity index (χ4v) is 2.56. The van der Waals surface area contributed by atoms with Crippen LogP contribution in [0.5, 0.6) is 0 Å². The molecule has 21 heavy (non-hydrogen) atoms. The summed E-state index contributed by atoms with van der Waals surface area (Å²) in [5.74, 6) is -1.32. The highest BCUT2D eigenvalue weighted by Crippen LogP contribution is 2.24. The van der Waals surface area contributed by atoms with Crippen LogP contribution in [-0.4, -0.2) is 17.0 Å². The molecule has 2 rings (SSSR count). The second-order valence-corrected chi connectivity index (χ2v) is 6.83. The number of nitrogens with one attached hydrogen (secondary N) is 1. The Morgan fingerprint density at radius 2 is 1.57 bits per heavy atom. The average molecular weight is 303 g/mol. The quantitative estimate of drug-likeness (QED) is 0.900. The Balaban J connectivity index is 2.10. The number of benzene rings is 1. The summed E-state index contributed by atoms with van der Waals surface area (Å²) in [7, 11) is 0. The normalized spacial score (nSPS) is 11.2. The summed E-state index contributed by atoms with van der Waals surface area (Å²) in [4.78, 5) is 23.4. The Bertz CT molecular complexity index is 666. The van der Waals surface area contributed by atoms with Crippen LogP contribution in [0.4, 0.5) is 5.69 Å². The van der Waals surface area contributed by atoms with Crippen LogP contribution in [0.25, 0.3) is 0 Å². The number of thiophene rings is 1. The van der Waals surface area contributed by atoms with Gasteiger partial charge in [0.05, 0.1) is 4.88 Å². The van der Waals surface area contributed by atoms with Gasteiger partial charge in [0.2, 0.25) is 0 Å². The van der Waals surface area contributed by atoms with Crippen LogP contribution in [0.2, 0.25) is 0 Å². The van der Waals surface area contributed by atoms with Gasteiger partial charge in [0.1, 0.15) is 4.88 Å². The molecule has 0 aliphatic heterocycles. The fraction of sp³-hybridized carbons (Fsp3) is 0.250. The van der Waals surface area contributed by atoms with Gasteiger partial charge in [-0.3, -0.25) is 4.79 Å². The summed E-state index contributed by atoms with van der Waals surface area (Å²) in [5, 5.41) is 11.6. The van der Waals surface area contributed by atoms with E-state index < -0.39 is 5.97 Å². The van der Waals surface area contributed by atoms with Crippen molar-refractivity contribution in [2.24, 2.45) is 0 Å². The molecule has 5 heteroatoms. The zero-order valence-electron chi connectivity index (χ0n) is 12.1. The van der Waals surface area contributed by atoms with Crippen molar-refractivity contribution in [2.45, 2.75) is 26.2 Å². The Kier molecular flexibility index (Phi) is 4.14. The van der Waals surface area contributed by atoms with Crippen LogP contribution < -0.4 is 5.32 Å². The van der Waals surface area contributed by atoms with E-state index in [1.165, 1.54) is 17.7 Å². The van der Waals surface area contributed by atoms with E-state index in [1.807, 2.05) is 24.3 Å². The largest absolute Gasteiger partial charge is 0.477 e. The molecule has 0 fully saturated rings. The molecule has 0 unspecified atom stereocenters. The van der Waals surface area contributed by atoms with Gasteiger partial charge >= 0.3 is 5.97 Å². The SMILES string of the molecule is CC(C)(C)c1ccc(NC(=O)c2ccc(C(=O)O)s2)cc1. The van der Waals surface area contributed by atoms with E-state index in [0.717, 1.165) is 11.3 Å². The molecule has 0 saturated heterocycles. The first-order valence-electron chi connectivity index (χ1n) is 6.52. The summed E-state index contributed by atoms with van der Waals surface area (Å²) in [5.41, 5.74) is 1.94. The maximum atomic E-state index is 12.0. The van der Waals surface area contributed by atoms with E-state index in [1.54, 1.807) is 0 Å². The molecule has 0 radical (unpaired) electrons. The molecule has 4 nitrogen and oxygen atoms in total. The second-order valence-electron chi connectivity index (χ2n) is 5.75.